The van der Waals surface area contributed by atoms with E-state index in [9.17, 15) is 4.79 Å². The van der Waals surface area contributed by atoms with E-state index in [1.54, 1.807) is 0 Å². The topological polar surface area (TPSA) is 56.1 Å². The van der Waals surface area contributed by atoms with E-state index in [1.807, 2.05) is 42.5 Å². The van der Waals surface area contributed by atoms with E-state index in [2.05, 4.69) is 42.3 Å². The molecule has 1 atom stereocenters. The normalized spacial score (nSPS) is 11.8. The van der Waals surface area contributed by atoms with Gasteiger partial charge in [-0.15, -0.1) is 0 Å². The predicted molar refractivity (Wildman–Crippen MR) is 100.0 cm³/mol. The molecule has 0 saturated carbocycles. The fraction of sp³-hybridized carbons (Fsp3) is 0.333. The molecule has 4 nitrogen and oxygen atoms in total. The third-order valence-corrected chi connectivity index (χ3v) is 4.40. The Morgan fingerprint density at radius 3 is 2.44 bits per heavy atom. The molecular weight excluding hydrogens is 310 g/mol. The van der Waals surface area contributed by atoms with E-state index in [0.717, 1.165) is 18.5 Å². The van der Waals surface area contributed by atoms with Crippen LogP contribution in [0.2, 0.25) is 0 Å². The Morgan fingerprint density at radius 1 is 1.16 bits per heavy atom. The summed E-state index contributed by atoms with van der Waals surface area (Å²) in [5.74, 6) is 0.0401. The van der Waals surface area contributed by atoms with Crippen molar-refractivity contribution in [2.24, 2.45) is 0 Å². The van der Waals surface area contributed by atoms with Gasteiger partial charge >= 0.3 is 0 Å². The monoisotopic (exact) mass is 335 g/mol. The Labute approximate surface area is 150 Å². The molecule has 0 saturated heterocycles. The van der Waals surface area contributed by atoms with Gasteiger partial charge in [-0.25, -0.2) is 0 Å². The second-order valence-electron chi connectivity index (χ2n) is 6.06. The molecule has 4 heteroatoms. The molecule has 25 heavy (non-hydrogen) atoms. The molecule has 0 aliphatic carbocycles. The van der Waals surface area contributed by atoms with Gasteiger partial charge in [0.25, 0.3) is 0 Å². The molecule has 2 aromatic carbocycles. The van der Waals surface area contributed by atoms with Gasteiger partial charge in [-0.1, -0.05) is 49.4 Å². The lowest BCUT2D eigenvalue weighted by atomic mass is 10.0. The number of nitrogens with one attached hydrogen (secondary N) is 1. The van der Waals surface area contributed by atoms with Crippen molar-refractivity contribution in [2.45, 2.75) is 26.3 Å². The number of likely N-dealkylation sites (N-methyl/N-ethyl adjacent to an activating group) is 1. The van der Waals surface area contributed by atoms with Crippen molar-refractivity contribution in [1.29, 1.82) is 5.26 Å². The highest BCUT2D eigenvalue weighted by Gasteiger charge is 2.17. The van der Waals surface area contributed by atoms with Gasteiger partial charge < -0.3 is 5.32 Å². The Hall–Kier alpha value is -2.64. The van der Waals surface area contributed by atoms with Gasteiger partial charge in [0, 0.05) is 12.6 Å². The minimum Gasteiger partial charge on any atom is -0.355 e. The summed E-state index contributed by atoms with van der Waals surface area (Å²) in [5, 5.41) is 11.9. The van der Waals surface area contributed by atoms with Crippen LogP contribution < -0.4 is 5.32 Å². The summed E-state index contributed by atoms with van der Waals surface area (Å²) >= 11 is 0. The highest BCUT2D eigenvalue weighted by Crippen LogP contribution is 2.20. The quantitative estimate of drug-likeness (QED) is 0.805. The molecule has 0 unspecified atom stereocenters. The van der Waals surface area contributed by atoms with E-state index < -0.39 is 0 Å². The molecule has 0 spiro atoms. The van der Waals surface area contributed by atoms with Crippen molar-refractivity contribution >= 4 is 5.91 Å². The first-order valence-electron chi connectivity index (χ1n) is 8.68. The molecule has 0 heterocycles. The van der Waals surface area contributed by atoms with Gasteiger partial charge in [0.15, 0.2) is 0 Å². The van der Waals surface area contributed by atoms with Gasteiger partial charge in [0.05, 0.1) is 18.2 Å². The Morgan fingerprint density at radius 2 is 1.84 bits per heavy atom. The SMILES string of the molecule is CCN(CC(=O)NCCc1ccccc1)[C@@H](C)c1ccc(C#N)cc1. The number of benzene rings is 2. The van der Waals surface area contributed by atoms with Gasteiger partial charge in [-0.05, 0) is 43.1 Å². The molecule has 0 aliphatic rings. The second-order valence-corrected chi connectivity index (χ2v) is 6.06. The van der Waals surface area contributed by atoms with E-state index in [4.69, 9.17) is 5.26 Å². The Kier molecular flexibility index (Phi) is 7.18. The number of nitrogens with zero attached hydrogens (tertiary/aromatic N) is 2. The first-order chi connectivity index (χ1) is 12.1. The average Bonchev–Trinajstić information content (AvgIpc) is 2.66. The average molecular weight is 335 g/mol. The maximum atomic E-state index is 12.2. The van der Waals surface area contributed by atoms with Crippen molar-refractivity contribution < 1.29 is 4.79 Å². The molecule has 1 amide bonds. The van der Waals surface area contributed by atoms with Crippen molar-refractivity contribution in [3.05, 3.63) is 71.3 Å². The molecule has 0 bridgehead atoms. The number of carbonyl (C=O) groups excluding carboxylic acids is 1. The number of nitriles is 1. The zero-order chi connectivity index (χ0) is 18.1. The molecule has 1 N–H and O–H groups in total. The number of hydrogen-bond donors (Lipinski definition) is 1. The first kappa shape index (κ1) is 18.7. The molecular formula is C21H25N3O. The lowest BCUT2D eigenvalue weighted by molar-refractivity contribution is -0.122. The van der Waals surface area contributed by atoms with Crippen LogP contribution in [-0.2, 0) is 11.2 Å². The van der Waals surface area contributed by atoms with E-state index in [1.165, 1.54) is 5.56 Å². The summed E-state index contributed by atoms with van der Waals surface area (Å²) in [4.78, 5) is 14.4. The molecule has 0 aromatic heterocycles. The summed E-state index contributed by atoms with van der Waals surface area (Å²) in [6.45, 7) is 5.94. The third kappa shape index (κ3) is 5.74. The number of rotatable bonds is 8. The summed E-state index contributed by atoms with van der Waals surface area (Å²) < 4.78 is 0. The summed E-state index contributed by atoms with van der Waals surface area (Å²) in [7, 11) is 0. The lowest BCUT2D eigenvalue weighted by Gasteiger charge is -2.27. The van der Waals surface area contributed by atoms with Crippen molar-refractivity contribution in [3.8, 4) is 6.07 Å². The summed E-state index contributed by atoms with van der Waals surface area (Å²) in [5.41, 5.74) is 2.98. The molecule has 130 valence electrons. The van der Waals surface area contributed by atoms with Gasteiger partial charge in [-0.2, -0.15) is 5.26 Å². The number of amides is 1. The smallest absolute Gasteiger partial charge is 0.234 e. The molecule has 0 fully saturated rings. The largest absolute Gasteiger partial charge is 0.355 e. The Balaban J connectivity index is 1.85. The lowest BCUT2D eigenvalue weighted by Crippen LogP contribution is -2.39. The minimum atomic E-state index is 0.0401. The van der Waals surface area contributed by atoms with E-state index in [0.29, 0.717) is 18.7 Å². The fourth-order valence-corrected chi connectivity index (χ4v) is 2.80. The van der Waals surface area contributed by atoms with Crippen molar-refractivity contribution in [1.82, 2.24) is 10.2 Å². The van der Waals surface area contributed by atoms with Crippen LogP contribution in [0.3, 0.4) is 0 Å². The van der Waals surface area contributed by atoms with Crippen LogP contribution in [0.15, 0.2) is 54.6 Å². The molecule has 2 aromatic rings. The maximum absolute atomic E-state index is 12.2. The Bertz CT molecular complexity index is 704. The predicted octanol–water partition coefficient (Wildman–Crippen LogP) is 3.30. The molecule has 2 rings (SSSR count). The van der Waals surface area contributed by atoms with Crippen molar-refractivity contribution in [2.75, 3.05) is 19.6 Å². The molecule has 0 radical (unpaired) electrons. The van der Waals surface area contributed by atoms with Crippen LogP contribution in [0.25, 0.3) is 0 Å². The van der Waals surface area contributed by atoms with Gasteiger partial charge in [0.1, 0.15) is 0 Å². The van der Waals surface area contributed by atoms with Crippen molar-refractivity contribution in [3.63, 3.8) is 0 Å². The summed E-state index contributed by atoms with van der Waals surface area (Å²) in [6.07, 6.45) is 0.837. The second kappa shape index (κ2) is 9.61. The number of carbonyl (C=O) groups is 1. The highest BCUT2D eigenvalue weighted by atomic mass is 16.2. The van der Waals surface area contributed by atoms with Crippen LogP contribution in [0.4, 0.5) is 0 Å². The van der Waals surface area contributed by atoms with Crippen LogP contribution in [0.5, 0.6) is 0 Å². The van der Waals surface area contributed by atoms with E-state index >= 15 is 0 Å². The first-order valence-corrected chi connectivity index (χ1v) is 8.68. The van der Waals surface area contributed by atoms with E-state index in [-0.39, 0.29) is 11.9 Å². The zero-order valence-electron chi connectivity index (χ0n) is 14.9. The van der Waals surface area contributed by atoms with Gasteiger partial charge in [0.2, 0.25) is 5.91 Å². The van der Waals surface area contributed by atoms with Crippen LogP contribution >= 0.6 is 0 Å². The maximum Gasteiger partial charge on any atom is 0.234 e. The fourth-order valence-electron chi connectivity index (χ4n) is 2.80. The number of hydrogen-bond acceptors (Lipinski definition) is 3. The standard InChI is InChI=1S/C21H25N3O/c1-3-24(17(2)20-11-9-19(15-22)10-12-20)16-21(25)23-14-13-18-7-5-4-6-8-18/h4-12,17H,3,13-14,16H2,1-2H3,(H,23,25)/t17-/m0/s1. The van der Waals surface area contributed by atoms with Crippen LogP contribution in [0, 0.1) is 11.3 Å². The van der Waals surface area contributed by atoms with Gasteiger partial charge in [-0.3, -0.25) is 9.69 Å². The zero-order valence-corrected chi connectivity index (χ0v) is 14.9. The van der Waals surface area contributed by atoms with Crippen LogP contribution in [-0.4, -0.2) is 30.4 Å². The molecule has 0 aliphatic heterocycles. The summed E-state index contributed by atoms with van der Waals surface area (Å²) in [6, 6.07) is 19.9. The van der Waals surface area contributed by atoms with Crippen LogP contribution in [0.1, 0.15) is 36.6 Å². The third-order valence-electron chi connectivity index (χ3n) is 4.40. The minimum absolute atomic E-state index is 0.0401. The highest BCUT2D eigenvalue weighted by molar-refractivity contribution is 5.78.